The first-order valence-corrected chi connectivity index (χ1v) is 7.14. The molecule has 2 heterocycles. The first kappa shape index (κ1) is 15.0. The zero-order valence-corrected chi connectivity index (χ0v) is 13.4. The number of nitrogens with one attached hydrogen (secondary N) is 1. The van der Waals surface area contributed by atoms with Gasteiger partial charge in [0, 0.05) is 25.5 Å². The van der Waals surface area contributed by atoms with E-state index in [-0.39, 0.29) is 0 Å². The number of benzene rings is 1. The Balaban J connectivity index is 2.11. The fourth-order valence-electron chi connectivity index (χ4n) is 2.65. The van der Waals surface area contributed by atoms with Crippen LogP contribution in [0.5, 0.6) is 0 Å². The summed E-state index contributed by atoms with van der Waals surface area (Å²) in [5.74, 6) is 0.0923. The summed E-state index contributed by atoms with van der Waals surface area (Å²) in [7, 11) is 5.32. The minimum absolute atomic E-state index is 0.405. The molecule has 0 saturated heterocycles. The van der Waals surface area contributed by atoms with Crippen LogP contribution in [0.25, 0.3) is 0 Å². The van der Waals surface area contributed by atoms with E-state index in [1.165, 1.54) is 7.11 Å². The molecule has 0 aliphatic carbocycles. The van der Waals surface area contributed by atoms with Crippen molar-refractivity contribution in [3.05, 3.63) is 41.1 Å². The van der Waals surface area contributed by atoms with Crippen molar-refractivity contribution >= 4 is 17.6 Å². The van der Waals surface area contributed by atoms with Gasteiger partial charge in [-0.1, -0.05) is 17.2 Å². The Morgan fingerprint density at radius 3 is 2.61 bits per heavy atom. The number of ether oxygens (including phenoxy) is 1. The molecule has 0 amide bonds. The molecule has 8 nitrogen and oxygen atoms in total. The molecule has 0 saturated carbocycles. The number of hydrogen-bond donors (Lipinski definition) is 1. The lowest BCUT2D eigenvalue weighted by Gasteiger charge is -2.27. The molecule has 120 valence electrons. The Morgan fingerprint density at radius 2 is 2.00 bits per heavy atom. The number of allylic oxidation sites excluding steroid dienone is 1. The zero-order valence-electron chi connectivity index (χ0n) is 13.4. The van der Waals surface area contributed by atoms with Crippen molar-refractivity contribution in [3.63, 3.8) is 0 Å². The highest BCUT2D eigenvalue weighted by Crippen LogP contribution is 2.35. The number of hydrogen-bond acceptors (Lipinski definition) is 7. The van der Waals surface area contributed by atoms with Gasteiger partial charge in [-0.2, -0.15) is 4.68 Å². The molecule has 0 unspecified atom stereocenters. The minimum Gasteiger partial charge on any atom is -0.466 e. The van der Waals surface area contributed by atoms with Crippen molar-refractivity contribution in [2.75, 3.05) is 31.4 Å². The van der Waals surface area contributed by atoms with Gasteiger partial charge in [0.15, 0.2) is 0 Å². The second-order valence-corrected chi connectivity index (χ2v) is 5.49. The van der Waals surface area contributed by atoms with Crippen molar-refractivity contribution in [2.24, 2.45) is 0 Å². The highest BCUT2D eigenvalue weighted by Gasteiger charge is 2.34. The maximum absolute atomic E-state index is 12.3. The third-order valence-corrected chi connectivity index (χ3v) is 3.84. The molecular formula is C15H18N6O2. The van der Waals surface area contributed by atoms with Crippen molar-refractivity contribution in [1.29, 1.82) is 0 Å². The SMILES string of the molecule is COC(=O)C1=C(C)Nc2nnnn2[C@@H]1c1ccc(N(C)C)cc1. The van der Waals surface area contributed by atoms with Crippen LogP contribution in [0.1, 0.15) is 18.5 Å². The molecule has 0 spiro atoms. The zero-order chi connectivity index (χ0) is 16.6. The first-order chi connectivity index (χ1) is 11.0. The van der Waals surface area contributed by atoms with Crippen LogP contribution in [0.4, 0.5) is 11.6 Å². The van der Waals surface area contributed by atoms with Crippen LogP contribution in [0, 0.1) is 0 Å². The third kappa shape index (κ3) is 2.52. The Labute approximate surface area is 133 Å². The van der Waals surface area contributed by atoms with Gasteiger partial charge >= 0.3 is 5.97 Å². The van der Waals surface area contributed by atoms with Crippen molar-refractivity contribution < 1.29 is 9.53 Å². The van der Waals surface area contributed by atoms with Gasteiger partial charge in [0.1, 0.15) is 6.04 Å². The summed E-state index contributed by atoms with van der Waals surface area (Å²) in [4.78, 5) is 14.3. The number of nitrogens with zero attached hydrogens (tertiary/aromatic N) is 5. The first-order valence-electron chi connectivity index (χ1n) is 7.14. The molecule has 2 aromatic rings. The summed E-state index contributed by atoms with van der Waals surface area (Å²) in [6, 6.07) is 7.49. The average Bonchev–Trinajstić information content (AvgIpc) is 3.00. The number of carbonyl (C=O) groups is 1. The smallest absolute Gasteiger partial charge is 0.338 e. The molecule has 3 rings (SSSR count). The number of aromatic nitrogens is 4. The number of esters is 1. The van der Waals surface area contributed by atoms with E-state index >= 15 is 0 Å². The lowest BCUT2D eigenvalue weighted by molar-refractivity contribution is -0.136. The predicted molar refractivity (Wildman–Crippen MR) is 85.1 cm³/mol. The van der Waals surface area contributed by atoms with Gasteiger partial charge in [0.25, 0.3) is 0 Å². The number of methoxy groups -OCH3 is 1. The van der Waals surface area contributed by atoms with Crippen LogP contribution in [0.3, 0.4) is 0 Å². The summed E-state index contributed by atoms with van der Waals surface area (Å²) in [5, 5.41) is 14.7. The Morgan fingerprint density at radius 1 is 1.30 bits per heavy atom. The normalized spacial score (nSPS) is 16.6. The second kappa shape index (κ2) is 5.71. The molecule has 0 bridgehead atoms. The Bertz CT molecular complexity index is 763. The quantitative estimate of drug-likeness (QED) is 0.852. The van der Waals surface area contributed by atoms with Gasteiger partial charge in [-0.05, 0) is 35.0 Å². The Kier molecular flexibility index (Phi) is 3.73. The fourth-order valence-corrected chi connectivity index (χ4v) is 2.65. The molecule has 1 aliphatic rings. The highest BCUT2D eigenvalue weighted by atomic mass is 16.5. The van der Waals surface area contributed by atoms with E-state index < -0.39 is 12.0 Å². The molecular weight excluding hydrogens is 296 g/mol. The van der Waals surface area contributed by atoms with Gasteiger partial charge in [0.2, 0.25) is 5.95 Å². The average molecular weight is 314 g/mol. The summed E-state index contributed by atoms with van der Waals surface area (Å²) in [6.07, 6.45) is 0. The van der Waals surface area contributed by atoms with Crippen LogP contribution in [-0.2, 0) is 9.53 Å². The fraction of sp³-hybridized carbons (Fsp3) is 0.333. The number of anilines is 2. The second-order valence-electron chi connectivity index (χ2n) is 5.49. The molecule has 1 aromatic heterocycles. The van der Waals surface area contributed by atoms with Crippen LogP contribution >= 0.6 is 0 Å². The van der Waals surface area contributed by atoms with Gasteiger partial charge in [-0.25, -0.2) is 4.79 Å². The Hall–Kier alpha value is -2.90. The predicted octanol–water partition coefficient (Wildman–Crippen LogP) is 1.20. The highest BCUT2D eigenvalue weighted by molar-refractivity contribution is 5.92. The number of carbonyl (C=O) groups excluding carboxylic acids is 1. The molecule has 1 aliphatic heterocycles. The number of rotatable bonds is 3. The van der Waals surface area contributed by atoms with E-state index in [2.05, 4.69) is 20.8 Å². The maximum Gasteiger partial charge on any atom is 0.338 e. The standard InChI is InChI=1S/C15H18N6O2/c1-9-12(14(22)23-4)13(21-15(16-9)17-18-19-21)10-5-7-11(8-6-10)20(2)3/h5-8,13H,1-4H3,(H,16,17,19)/t13-/m1/s1. The van der Waals surface area contributed by atoms with Crippen molar-refractivity contribution in [2.45, 2.75) is 13.0 Å². The topological polar surface area (TPSA) is 85.2 Å². The van der Waals surface area contributed by atoms with E-state index in [4.69, 9.17) is 4.74 Å². The minimum atomic E-state index is -0.426. The summed E-state index contributed by atoms with van der Waals surface area (Å²) < 4.78 is 6.53. The van der Waals surface area contributed by atoms with E-state index in [0.29, 0.717) is 17.2 Å². The van der Waals surface area contributed by atoms with Crippen LogP contribution < -0.4 is 10.2 Å². The molecule has 1 N–H and O–H groups in total. The van der Waals surface area contributed by atoms with Gasteiger partial charge in [0.05, 0.1) is 12.7 Å². The molecule has 0 fully saturated rings. The molecule has 0 radical (unpaired) electrons. The van der Waals surface area contributed by atoms with Gasteiger partial charge in [-0.3, -0.25) is 0 Å². The lowest BCUT2D eigenvalue weighted by atomic mass is 9.95. The van der Waals surface area contributed by atoms with E-state index in [1.54, 1.807) is 4.68 Å². The number of tetrazole rings is 1. The van der Waals surface area contributed by atoms with E-state index in [9.17, 15) is 4.79 Å². The lowest BCUT2D eigenvalue weighted by Crippen LogP contribution is -2.29. The maximum atomic E-state index is 12.3. The van der Waals surface area contributed by atoms with E-state index in [0.717, 1.165) is 11.3 Å². The molecule has 1 atom stereocenters. The van der Waals surface area contributed by atoms with Gasteiger partial charge < -0.3 is 15.0 Å². The molecule has 1 aromatic carbocycles. The van der Waals surface area contributed by atoms with Gasteiger partial charge in [-0.15, -0.1) is 0 Å². The van der Waals surface area contributed by atoms with E-state index in [1.807, 2.05) is 50.2 Å². The van der Waals surface area contributed by atoms with Crippen LogP contribution in [0.2, 0.25) is 0 Å². The number of fused-ring (bicyclic) bond motifs is 1. The van der Waals surface area contributed by atoms with Crippen LogP contribution in [-0.4, -0.2) is 47.4 Å². The summed E-state index contributed by atoms with van der Waals surface area (Å²) in [6.45, 7) is 1.81. The summed E-state index contributed by atoms with van der Waals surface area (Å²) >= 11 is 0. The molecule has 8 heteroatoms. The third-order valence-electron chi connectivity index (χ3n) is 3.84. The monoisotopic (exact) mass is 314 g/mol. The van der Waals surface area contributed by atoms with Crippen molar-refractivity contribution in [1.82, 2.24) is 20.2 Å². The van der Waals surface area contributed by atoms with Crippen molar-refractivity contribution in [3.8, 4) is 0 Å². The summed E-state index contributed by atoms with van der Waals surface area (Å²) in [5.41, 5.74) is 3.15. The largest absolute Gasteiger partial charge is 0.466 e. The molecule has 23 heavy (non-hydrogen) atoms. The van der Waals surface area contributed by atoms with Crippen LogP contribution in [0.15, 0.2) is 35.5 Å².